The Kier molecular flexibility index (Phi) is 2.96. The number of ketones is 1. The van der Waals surface area contributed by atoms with Crippen molar-refractivity contribution in [2.24, 2.45) is 0 Å². The summed E-state index contributed by atoms with van der Waals surface area (Å²) in [4.78, 5) is 24.8. The minimum absolute atomic E-state index is 0.230. The van der Waals surface area contributed by atoms with Gasteiger partial charge in [0.05, 0.1) is 11.3 Å². The zero-order chi connectivity index (χ0) is 14.3. The van der Waals surface area contributed by atoms with Crippen molar-refractivity contribution < 1.29 is 14.7 Å². The number of amides is 1. The molecule has 1 amide bonds. The normalized spacial score (nSPS) is 20.6. The molecule has 0 bridgehead atoms. The second-order valence-corrected chi connectivity index (χ2v) is 5.89. The van der Waals surface area contributed by atoms with Gasteiger partial charge in [0.25, 0.3) is 5.91 Å². The number of hydrogen-bond acceptors (Lipinski definition) is 4. The van der Waals surface area contributed by atoms with Gasteiger partial charge in [0, 0.05) is 11.3 Å². The zero-order valence-corrected chi connectivity index (χ0v) is 11.7. The number of benzene rings is 1. The highest BCUT2D eigenvalue weighted by molar-refractivity contribution is 7.12. The maximum atomic E-state index is 12.2. The van der Waals surface area contributed by atoms with Crippen LogP contribution in [-0.2, 0) is 10.4 Å². The molecule has 0 spiro atoms. The number of aliphatic hydroxyl groups is 1. The Balaban J connectivity index is 1.96. The van der Waals surface area contributed by atoms with Crippen LogP contribution in [0.1, 0.15) is 27.2 Å². The molecule has 1 aliphatic rings. The summed E-state index contributed by atoms with van der Waals surface area (Å²) in [7, 11) is 0. The molecule has 0 radical (unpaired) electrons. The van der Waals surface area contributed by atoms with Crippen LogP contribution in [-0.4, -0.2) is 16.8 Å². The molecule has 3 rings (SSSR count). The van der Waals surface area contributed by atoms with E-state index in [1.54, 1.807) is 29.6 Å². The summed E-state index contributed by atoms with van der Waals surface area (Å²) >= 11 is 1.31. The second kappa shape index (κ2) is 4.54. The van der Waals surface area contributed by atoms with E-state index in [9.17, 15) is 14.7 Å². The van der Waals surface area contributed by atoms with Gasteiger partial charge < -0.3 is 10.4 Å². The smallest absolute Gasteiger partial charge is 0.261 e. The van der Waals surface area contributed by atoms with Crippen molar-refractivity contribution >= 4 is 28.7 Å². The monoisotopic (exact) mass is 287 g/mol. The summed E-state index contributed by atoms with van der Waals surface area (Å²) in [5.74, 6) is -0.769. The molecule has 0 saturated carbocycles. The number of rotatable bonds is 3. The van der Waals surface area contributed by atoms with Crippen LogP contribution in [0.2, 0.25) is 0 Å². The van der Waals surface area contributed by atoms with Crippen LogP contribution in [0.15, 0.2) is 35.7 Å². The van der Waals surface area contributed by atoms with Crippen LogP contribution in [0, 0.1) is 6.92 Å². The molecule has 0 fully saturated rings. The number of Topliss-reactive ketones (excluding diaryl/α,β-unsaturated/α-hetero) is 1. The Hall–Kier alpha value is -1.98. The fourth-order valence-electron chi connectivity index (χ4n) is 2.40. The van der Waals surface area contributed by atoms with Crippen molar-refractivity contribution in [2.45, 2.75) is 18.9 Å². The van der Waals surface area contributed by atoms with Gasteiger partial charge in [-0.1, -0.05) is 18.2 Å². The number of anilines is 1. The zero-order valence-electron chi connectivity index (χ0n) is 10.8. The van der Waals surface area contributed by atoms with Gasteiger partial charge in [0.15, 0.2) is 11.4 Å². The third kappa shape index (κ3) is 1.95. The third-order valence-electron chi connectivity index (χ3n) is 3.46. The maximum Gasteiger partial charge on any atom is 0.261 e. The molecule has 4 nitrogen and oxygen atoms in total. The highest BCUT2D eigenvalue weighted by Gasteiger charge is 2.46. The van der Waals surface area contributed by atoms with Crippen LogP contribution in [0.4, 0.5) is 5.69 Å². The lowest BCUT2D eigenvalue weighted by Gasteiger charge is -2.19. The summed E-state index contributed by atoms with van der Waals surface area (Å²) in [5.41, 5.74) is 0.261. The van der Waals surface area contributed by atoms with Crippen molar-refractivity contribution in [1.29, 1.82) is 0 Å². The first-order valence-corrected chi connectivity index (χ1v) is 7.10. The Morgan fingerprint density at radius 2 is 2.20 bits per heavy atom. The average molecular weight is 287 g/mol. The minimum atomic E-state index is -1.77. The lowest BCUT2D eigenvalue weighted by atomic mass is 9.89. The Labute approximate surface area is 120 Å². The second-order valence-electron chi connectivity index (χ2n) is 4.94. The molecular formula is C15H13NO3S. The van der Waals surface area contributed by atoms with E-state index >= 15 is 0 Å². The summed E-state index contributed by atoms with van der Waals surface area (Å²) in [6, 6.07) is 8.78. The van der Waals surface area contributed by atoms with Crippen molar-refractivity contribution in [1.82, 2.24) is 0 Å². The van der Waals surface area contributed by atoms with E-state index in [1.165, 1.54) is 11.3 Å². The van der Waals surface area contributed by atoms with Crippen LogP contribution >= 0.6 is 11.3 Å². The number of fused-ring (bicyclic) bond motifs is 1. The van der Waals surface area contributed by atoms with E-state index < -0.39 is 11.5 Å². The van der Waals surface area contributed by atoms with Gasteiger partial charge in [0.1, 0.15) is 0 Å². The Morgan fingerprint density at radius 3 is 2.90 bits per heavy atom. The van der Waals surface area contributed by atoms with Gasteiger partial charge in [-0.2, -0.15) is 0 Å². The molecule has 2 aromatic rings. The molecule has 102 valence electrons. The predicted molar refractivity (Wildman–Crippen MR) is 77.0 cm³/mol. The van der Waals surface area contributed by atoms with E-state index in [0.717, 1.165) is 5.56 Å². The molecule has 1 aromatic heterocycles. The largest absolute Gasteiger partial charge is 0.375 e. The molecule has 0 saturated heterocycles. The van der Waals surface area contributed by atoms with E-state index in [-0.39, 0.29) is 12.2 Å². The van der Waals surface area contributed by atoms with Gasteiger partial charge in [-0.15, -0.1) is 11.3 Å². The van der Waals surface area contributed by atoms with E-state index in [0.29, 0.717) is 16.1 Å². The average Bonchev–Trinajstić information content (AvgIpc) is 2.98. The molecule has 0 aliphatic carbocycles. The van der Waals surface area contributed by atoms with Gasteiger partial charge in [0.2, 0.25) is 0 Å². The van der Waals surface area contributed by atoms with E-state index in [4.69, 9.17) is 0 Å². The molecule has 5 heteroatoms. The first-order valence-electron chi connectivity index (χ1n) is 6.22. The lowest BCUT2D eigenvalue weighted by Crippen LogP contribution is -2.36. The minimum Gasteiger partial charge on any atom is -0.375 e. The summed E-state index contributed by atoms with van der Waals surface area (Å²) in [5, 5.41) is 15.1. The quantitative estimate of drug-likeness (QED) is 0.852. The van der Waals surface area contributed by atoms with Crippen LogP contribution in [0.3, 0.4) is 0 Å². The van der Waals surface area contributed by atoms with Gasteiger partial charge >= 0.3 is 0 Å². The van der Waals surface area contributed by atoms with Crippen molar-refractivity contribution in [3.8, 4) is 0 Å². The topological polar surface area (TPSA) is 66.4 Å². The molecule has 2 N–H and O–H groups in total. The SMILES string of the molecule is Cc1ccc2c(c1)NC(=O)[C@@]2(O)CC(=O)c1cccs1. The molecule has 1 aromatic carbocycles. The van der Waals surface area contributed by atoms with Crippen molar-refractivity contribution in [3.63, 3.8) is 0 Å². The fraction of sp³-hybridized carbons (Fsp3) is 0.200. The number of nitrogens with one attached hydrogen (secondary N) is 1. The van der Waals surface area contributed by atoms with Crippen molar-refractivity contribution in [2.75, 3.05) is 5.32 Å². The molecule has 20 heavy (non-hydrogen) atoms. The van der Waals surface area contributed by atoms with Crippen LogP contribution in [0.5, 0.6) is 0 Å². The highest BCUT2D eigenvalue weighted by Crippen LogP contribution is 2.39. The number of thiophene rings is 1. The Bertz CT molecular complexity index is 693. The third-order valence-corrected chi connectivity index (χ3v) is 4.37. The maximum absolute atomic E-state index is 12.2. The van der Waals surface area contributed by atoms with Gasteiger partial charge in [-0.3, -0.25) is 9.59 Å². The van der Waals surface area contributed by atoms with Gasteiger partial charge in [-0.05, 0) is 30.0 Å². The first kappa shape index (κ1) is 13.0. The van der Waals surface area contributed by atoms with E-state index in [1.807, 2.05) is 13.0 Å². The predicted octanol–water partition coefficient (Wildman–Crippen LogP) is 2.47. The number of aryl methyl sites for hydroxylation is 1. The molecular weight excluding hydrogens is 274 g/mol. The van der Waals surface area contributed by atoms with Crippen LogP contribution < -0.4 is 5.32 Å². The molecule has 1 atom stereocenters. The molecule has 1 aliphatic heterocycles. The highest BCUT2D eigenvalue weighted by atomic mass is 32.1. The van der Waals surface area contributed by atoms with E-state index in [2.05, 4.69) is 5.32 Å². The van der Waals surface area contributed by atoms with Gasteiger partial charge in [-0.25, -0.2) is 0 Å². The van der Waals surface area contributed by atoms with Crippen LogP contribution in [0.25, 0.3) is 0 Å². The summed E-state index contributed by atoms with van der Waals surface area (Å²) in [6.07, 6.45) is -0.241. The number of carbonyl (C=O) groups is 2. The fourth-order valence-corrected chi connectivity index (χ4v) is 3.07. The Morgan fingerprint density at radius 1 is 1.40 bits per heavy atom. The standard InChI is InChI=1S/C15H13NO3S/c1-9-4-5-10-11(7-9)16-14(18)15(10,19)8-12(17)13-3-2-6-20-13/h2-7,19H,8H2,1H3,(H,16,18)/t15-/m1/s1. The number of hydrogen-bond donors (Lipinski definition) is 2. The number of carbonyl (C=O) groups excluding carboxylic acids is 2. The lowest BCUT2D eigenvalue weighted by molar-refractivity contribution is -0.133. The summed E-state index contributed by atoms with van der Waals surface area (Å²) in [6.45, 7) is 1.90. The molecule has 2 heterocycles. The summed E-state index contributed by atoms with van der Waals surface area (Å²) < 4.78 is 0. The molecule has 0 unspecified atom stereocenters. The van der Waals surface area contributed by atoms with Crippen molar-refractivity contribution in [3.05, 3.63) is 51.7 Å². The first-order chi connectivity index (χ1) is 9.50.